The summed E-state index contributed by atoms with van der Waals surface area (Å²) in [6, 6.07) is 5.34. The molecular formula is C10H11NO6S. The number of carboxylic acid groups (broad SMARTS) is 1. The van der Waals surface area contributed by atoms with Crippen LogP contribution in [0.15, 0.2) is 29.2 Å². The molecule has 2 unspecified atom stereocenters. The highest BCUT2D eigenvalue weighted by Crippen LogP contribution is 2.23. The molecule has 1 aromatic carbocycles. The monoisotopic (exact) mass is 273 g/mol. The zero-order valence-corrected chi connectivity index (χ0v) is 10.3. The van der Waals surface area contributed by atoms with Gasteiger partial charge in [0.15, 0.2) is 5.25 Å². The first kappa shape index (κ1) is 14.3. The van der Waals surface area contributed by atoms with E-state index >= 15 is 0 Å². The van der Waals surface area contributed by atoms with Crippen LogP contribution in [-0.4, -0.2) is 39.2 Å². The van der Waals surface area contributed by atoms with Gasteiger partial charge in [-0.15, -0.1) is 0 Å². The number of methoxy groups -OCH3 is 1. The number of nitrogens with zero attached hydrogens (tertiary/aromatic N) is 1. The van der Waals surface area contributed by atoms with Gasteiger partial charge in [0.25, 0.3) is 5.69 Å². The maximum atomic E-state index is 12.0. The first-order valence-electron chi connectivity index (χ1n) is 4.84. The number of benzene rings is 1. The number of hydrogen-bond donors (Lipinski definition) is 1. The molecule has 0 bridgehead atoms. The van der Waals surface area contributed by atoms with E-state index in [1.807, 2.05) is 0 Å². The number of carbonyl (C=O) groups is 1. The molecule has 0 amide bonds. The third-order valence-corrected chi connectivity index (χ3v) is 3.76. The fraction of sp³-hybridized carbons (Fsp3) is 0.300. The van der Waals surface area contributed by atoms with E-state index < -0.39 is 26.9 Å². The van der Waals surface area contributed by atoms with Crippen LogP contribution in [0.1, 0.15) is 0 Å². The Kier molecular flexibility index (Phi) is 4.93. The molecule has 0 aliphatic rings. The number of para-hydroxylation sites is 1. The summed E-state index contributed by atoms with van der Waals surface area (Å²) in [5, 5.41) is 18.4. The Bertz CT molecular complexity index is 489. The molecule has 0 heterocycles. The summed E-state index contributed by atoms with van der Waals surface area (Å²) in [6.45, 7) is -0.284. The van der Waals surface area contributed by atoms with E-state index in [1.165, 1.54) is 31.4 Å². The van der Waals surface area contributed by atoms with Crippen molar-refractivity contribution in [1.82, 2.24) is 0 Å². The smallest absolute Gasteiger partial charge is 0.322 e. The predicted octanol–water partition coefficient (Wildman–Crippen LogP) is 0.802. The topological polar surface area (TPSA) is 107 Å². The number of carboxylic acids is 1. The van der Waals surface area contributed by atoms with Crippen LogP contribution in [0.5, 0.6) is 0 Å². The van der Waals surface area contributed by atoms with Crippen LogP contribution in [0.4, 0.5) is 5.69 Å². The van der Waals surface area contributed by atoms with Crippen molar-refractivity contribution >= 4 is 22.5 Å². The zero-order valence-electron chi connectivity index (χ0n) is 9.44. The van der Waals surface area contributed by atoms with E-state index in [1.54, 1.807) is 0 Å². The second kappa shape index (κ2) is 6.22. The maximum Gasteiger partial charge on any atom is 0.322 e. The summed E-state index contributed by atoms with van der Waals surface area (Å²) in [4.78, 5) is 20.9. The van der Waals surface area contributed by atoms with Crippen LogP contribution in [0.2, 0.25) is 0 Å². The molecule has 1 N–H and O–H groups in total. The van der Waals surface area contributed by atoms with Crippen molar-refractivity contribution in [2.75, 3.05) is 13.7 Å². The number of nitro benzene ring substituents is 1. The van der Waals surface area contributed by atoms with Crippen molar-refractivity contribution in [1.29, 1.82) is 0 Å². The van der Waals surface area contributed by atoms with Crippen LogP contribution in [-0.2, 0) is 20.3 Å². The van der Waals surface area contributed by atoms with Crippen molar-refractivity contribution in [3.05, 3.63) is 34.4 Å². The Morgan fingerprint density at radius 3 is 2.67 bits per heavy atom. The summed E-state index contributed by atoms with van der Waals surface area (Å²) in [6.07, 6.45) is 0. The summed E-state index contributed by atoms with van der Waals surface area (Å²) < 4.78 is 16.7. The minimum Gasteiger partial charge on any atom is -0.480 e. The van der Waals surface area contributed by atoms with Gasteiger partial charge in [-0.2, -0.15) is 0 Å². The van der Waals surface area contributed by atoms with Gasteiger partial charge in [0.1, 0.15) is 4.90 Å². The zero-order chi connectivity index (χ0) is 13.7. The third kappa shape index (κ3) is 3.11. The molecule has 1 aromatic rings. The van der Waals surface area contributed by atoms with Gasteiger partial charge in [-0.3, -0.25) is 19.1 Å². The Morgan fingerprint density at radius 2 is 2.17 bits per heavy atom. The Hall–Kier alpha value is -1.80. The Balaban J connectivity index is 3.16. The number of ether oxygens (including phenoxy) is 1. The van der Waals surface area contributed by atoms with Crippen molar-refractivity contribution in [3.63, 3.8) is 0 Å². The Labute approximate surface area is 105 Å². The highest BCUT2D eigenvalue weighted by molar-refractivity contribution is 7.86. The van der Waals surface area contributed by atoms with Crippen LogP contribution >= 0.6 is 0 Å². The number of aliphatic carboxylic acids is 1. The van der Waals surface area contributed by atoms with Gasteiger partial charge in [-0.1, -0.05) is 12.1 Å². The molecule has 0 aliphatic heterocycles. The lowest BCUT2D eigenvalue weighted by Gasteiger charge is -2.11. The van der Waals surface area contributed by atoms with Crippen LogP contribution in [0, 0.1) is 10.1 Å². The lowest BCUT2D eigenvalue weighted by atomic mass is 10.3. The van der Waals surface area contributed by atoms with E-state index in [0.29, 0.717) is 0 Å². The van der Waals surface area contributed by atoms with E-state index in [0.717, 1.165) is 0 Å². The van der Waals surface area contributed by atoms with Gasteiger partial charge in [0, 0.05) is 13.2 Å². The molecule has 0 aliphatic carbocycles. The molecule has 7 nitrogen and oxygen atoms in total. The molecule has 1 rings (SSSR count). The molecule has 0 saturated carbocycles. The molecule has 8 heteroatoms. The minimum atomic E-state index is -2.05. The lowest BCUT2D eigenvalue weighted by molar-refractivity contribution is -0.387. The van der Waals surface area contributed by atoms with Gasteiger partial charge in [-0.25, -0.2) is 0 Å². The molecule has 0 radical (unpaired) electrons. The van der Waals surface area contributed by atoms with Gasteiger partial charge < -0.3 is 9.84 Å². The van der Waals surface area contributed by atoms with Crippen molar-refractivity contribution in [2.24, 2.45) is 0 Å². The normalized spacial score (nSPS) is 13.8. The average Bonchev–Trinajstić information content (AvgIpc) is 2.34. The van der Waals surface area contributed by atoms with E-state index in [2.05, 4.69) is 4.74 Å². The number of nitro groups is 1. The molecular weight excluding hydrogens is 262 g/mol. The first-order chi connectivity index (χ1) is 8.49. The molecule has 0 spiro atoms. The van der Waals surface area contributed by atoms with Crippen molar-refractivity contribution < 1.29 is 23.8 Å². The van der Waals surface area contributed by atoms with Crippen molar-refractivity contribution in [3.8, 4) is 0 Å². The Morgan fingerprint density at radius 1 is 1.56 bits per heavy atom. The lowest BCUT2D eigenvalue weighted by Crippen LogP contribution is -2.30. The summed E-state index contributed by atoms with van der Waals surface area (Å²) >= 11 is 0. The summed E-state index contributed by atoms with van der Waals surface area (Å²) in [5.41, 5.74) is -0.363. The van der Waals surface area contributed by atoms with Crippen molar-refractivity contribution in [2.45, 2.75) is 10.1 Å². The van der Waals surface area contributed by atoms with Gasteiger partial charge in [-0.05, 0) is 6.07 Å². The van der Waals surface area contributed by atoms with E-state index in [4.69, 9.17) is 5.11 Å². The highest BCUT2D eigenvalue weighted by atomic mass is 32.2. The number of hydrogen-bond acceptors (Lipinski definition) is 5. The van der Waals surface area contributed by atoms with Crippen LogP contribution in [0.3, 0.4) is 0 Å². The van der Waals surface area contributed by atoms with E-state index in [9.17, 15) is 19.1 Å². The first-order valence-corrected chi connectivity index (χ1v) is 6.06. The fourth-order valence-corrected chi connectivity index (χ4v) is 2.62. The maximum absolute atomic E-state index is 12.0. The van der Waals surface area contributed by atoms with E-state index in [-0.39, 0.29) is 17.2 Å². The van der Waals surface area contributed by atoms with Crippen LogP contribution in [0.25, 0.3) is 0 Å². The molecule has 98 valence electrons. The third-order valence-electron chi connectivity index (χ3n) is 2.13. The molecule has 18 heavy (non-hydrogen) atoms. The molecule has 0 saturated heterocycles. The SMILES string of the molecule is COCC(C(=O)O)S(=O)c1ccccc1[N+](=O)[O-]. The largest absolute Gasteiger partial charge is 0.480 e. The second-order valence-electron chi connectivity index (χ2n) is 3.30. The summed E-state index contributed by atoms with van der Waals surface area (Å²) in [5.74, 6) is -1.33. The average molecular weight is 273 g/mol. The standard InChI is InChI=1S/C10H11NO6S/c1-17-6-9(10(12)13)18(16)8-5-3-2-4-7(8)11(14)15/h2-5,9H,6H2,1H3,(H,12,13). The molecule has 2 atom stereocenters. The fourth-order valence-electron chi connectivity index (χ4n) is 1.31. The summed E-state index contributed by atoms with van der Waals surface area (Å²) in [7, 11) is -0.779. The minimum absolute atomic E-state index is 0.119. The van der Waals surface area contributed by atoms with Crippen LogP contribution < -0.4 is 0 Å². The van der Waals surface area contributed by atoms with Gasteiger partial charge >= 0.3 is 5.97 Å². The highest BCUT2D eigenvalue weighted by Gasteiger charge is 2.30. The number of rotatable bonds is 6. The van der Waals surface area contributed by atoms with Gasteiger partial charge in [0.2, 0.25) is 0 Å². The molecule has 0 aromatic heterocycles. The predicted molar refractivity (Wildman–Crippen MR) is 62.8 cm³/mol. The quantitative estimate of drug-likeness (QED) is 0.607. The second-order valence-corrected chi connectivity index (χ2v) is 4.91. The van der Waals surface area contributed by atoms with Gasteiger partial charge in [0.05, 0.1) is 22.3 Å². The molecule has 0 fully saturated rings.